The number of nitro benzene ring substituents is 2. The molecule has 0 aromatic heterocycles. The van der Waals surface area contributed by atoms with Crippen LogP contribution < -0.4 is 5.43 Å². The van der Waals surface area contributed by atoms with Crippen LogP contribution >= 0.6 is 0 Å². The summed E-state index contributed by atoms with van der Waals surface area (Å²) in [7, 11) is 0. The Morgan fingerprint density at radius 1 is 1.20 bits per heavy atom. The number of hydrogen-bond acceptors (Lipinski definition) is 6. The first-order chi connectivity index (χ1) is 9.58. The van der Waals surface area contributed by atoms with Gasteiger partial charge in [-0.3, -0.25) is 25.7 Å². The summed E-state index contributed by atoms with van der Waals surface area (Å²) in [4.78, 5) is 20.2. The lowest BCUT2D eigenvalue weighted by Crippen LogP contribution is -2.04. The van der Waals surface area contributed by atoms with E-state index in [0.717, 1.165) is 31.0 Å². The predicted molar refractivity (Wildman–Crippen MR) is 73.8 cm³/mol. The van der Waals surface area contributed by atoms with Crippen LogP contribution in [0.2, 0.25) is 0 Å². The molecule has 0 radical (unpaired) electrons. The lowest BCUT2D eigenvalue weighted by molar-refractivity contribution is -0.393. The number of hydrazone groups is 1. The molecule has 0 amide bonds. The number of rotatable bonds is 4. The van der Waals surface area contributed by atoms with Crippen LogP contribution in [0.25, 0.3) is 0 Å². The van der Waals surface area contributed by atoms with Gasteiger partial charge in [0, 0.05) is 6.07 Å². The maximum absolute atomic E-state index is 10.9. The van der Waals surface area contributed by atoms with Gasteiger partial charge < -0.3 is 0 Å². The maximum atomic E-state index is 10.9. The highest BCUT2D eigenvalue weighted by molar-refractivity contribution is 5.96. The van der Waals surface area contributed by atoms with Crippen molar-refractivity contribution in [3.63, 3.8) is 0 Å². The second-order valence-electron chi connectivity index (χ2n) is 4.23. The van der Waals surface area contributed by atoms with Crippen LogP contribution in [0.15, 0.2) is 35.5 Å². The Morgan fingerprint density at radius 2 is 2.00 bits per heavy atom. The zero-order valence-electron chi connectivity index (χ0n) is 10.5. The Hall–Kier alpha value is -2.77. The van der Waals surface area contributed by atoms with Crippen molar-refractivity contribution in [2.24, 2.45) is 5.10 Å². The molecule has 1 aromatic carbocycles. The van der Waals surface area contributed by atoms with Gasteiger partial charge in [0.2, 0.25) is 0 Å². The third-order valence-electron chi connectivity index (χ3n) is 2.82. The molecule has 2 rings (SSSR count). The molecule has 0 aliphatic heterocycles. The quantitative estimate of drug-likeness (QED) is 0.671. The molecule has 8 heteroatoms. The highest BCUT2D eigenvalue weighted by Crippen LogP contribution is 2.29. The molecule has 0 heterocycles. The molecule has 0 atom stereocenters. The number of allylic oxidation sites excluding steroid dienone is 2. The van der Waals surface area contributed by atoms with Crippen molar-refractivity contribution in [2.45, 2.75) is 19.3 Å². The van der Waals surface area contributed by atoms with Crippen molar-refractivity contribution in [3.8, 4) is 0 Å². The Labute approximate surface area is 114 Å². The fourth-order valence-corrected chi connectivity index (χ4v) is 1.81. The minimum Gasteiger partial charge on any atom is -0.271 e. The molecule has 0 saturated heterocycles. The number of hydrogen-bond donors (Lipinski definition) is 1. The molecule has 8 nitrogen and oxygen atoms in total. The van der Waals surface area contributed by atoms with E-state index in [0.29, 0.717) is 0 Å². The Balaban J connectivity index is 2.26. The van der Waals surface area contributed by atoms with Crippen molar-refractivity contribution < 1.29 is 9.85 Å². The lowest BCUT2D eigenvalue weighted by Gasteiger charge is -2.07. The van der Waals surface area contributed by atoms with E-state index in [1.807, 2.05) is 12.2 Å². The molecule has 0 fully saturated rings. The first kappa shape index (κ1) is 13.7. The summed E-state index contributed by atoms with van der Waals surface area (Å²) < 4.78 is 0. The van der Waals surface area contributed by atoms with Crippen molar-refractivity contribution in [1.82, 2.24) is 0 Å². The molecular formula is C12H12N4O4. The summed E-state index contributed by atoms with van der Waals surface area (Å²) in [6.07, 6.45) is 6.61. The number of anilines is 1. The third kappa shape index (κ3) is 3.16. The van der Waals surface area contributed by atoms with E-state index in [-0.39, 0.29) is 17.1 Å². The Kier molecular flexibility index (Phi) is 4.04. The van der Waals surface area contributed by atoms with Crippen LogP contribution in [0.1, 0.15) is 19.3 Å². The van der Waals surface area contributed by atoms with Crippen molar-refractivity contribution in [1.29, 1.82) is 0 Å². The van der Waals surface area contributed by atoms with E-state index in [1.54, 1.807) is 0 Å². The van der Waals surface area contributed by atoms with Gasteiger partial charge in [0.25, 0.3) is 5.69 Å². The van der Waals surface area contributed by atoms with Crippen LogP contribution in [0.5, 0.6) is 0 Å². The predicted octanol–water partition coefficient (Wildman–Crippen LogP) is 3.01. The fraction of sp³-hybridized carbons (Fsp3) is 0.250. The van der Waals surface area contributed by atoms with E-state index in [1.165, 1.54) is 12.1 Å². The molecular weight excluding hydrogens is 264 g/mol. The van der Waals surface area contributed by atoms with Crippen LogP contribution in [0, 0.1) is 20.2 Å². The first-order valence-electron chi connectivity index (χ1n) is 6.00. The molecule has 1 N–H and O–H groups in total. The number of nitro groups is 2. The van der Waals surface area contributed by atoms with Gasteiger partial charge in [-0.2, -0.15) is 5.10 Å². The Morgan fingerprint density at radius 3 is 2.60 bits per heavy atom. The highest BCUT2D eigenvalue weighted by atomic mass is 16.6. The third-order valence-corrected chi connectivity index (χ3v) is 2.82. The molecule has 0 unspecified atom stereocenters. The number of non-ortho nitro benzene ring substituents is 1. The normalized spacial score (nSPS) is 16.1. The van der Waals surface area contributed by atoms with E-state index in [4.69, 9.17) is 0 Å². The zero-order chi connectivity index (χ0) is 14.5. The second kappa shape index (κ2) is 5.91. The van der Waals surface area contributed by atoms with Gasteiger partial charge in [-0.1, -0.05) is 6.08 Å². The number of nitrogens with zero attached hydrogens (tertiary/aromatic N) is 3. The number of nitrogens with one attached hydrogen (secondary N) is 1. The van der Waals surface area contributed by atoms with Gasteiger partial charge in [-0.05, 0) is 31.4 Å². The van der Waals surface area contributed by atoms with Crippen molar-refractivity contribution >= 4 is 22.8 Å². The molecule has 1 aromatic rings. The van der Waals surface area contributed by atoms with Gasteiger partial charge in [0.1, 0.15) is 5.69 Å². The largest absolute Gasteiger partial charge is 0.301 e. The summed E-state index contributed by atoms with van der Waals surface area (Å²) in [5.74, 6) is 0. The lowest BCUT2D eigenvalue weighted by atomic mass is 10.1. The van der Waals surface area contributed by atoms with Gasteiger partial charge in [0.05, 0.1) is 21.6 Å². The van der Waals surface area contributed by atoms with Gasteiger partial charge in [-0.25, -0.2) is 0 Å². The van der Waals surface area contributed by atoms with E-state index in [9.17, 15) is 20.2 Å². The topological polar surface area (TPSA) is 111 Å². The van der Waals surface area contributed by atoms with E-state index >= 15 is 0 Å². The van der Waals surface area contributed by atoms with Crippen LogP contribution in [0.4, 0.5) is 17.1 Å². The zero-order valence-corrected chi connectivity index (χ0v) is 10.5. The molecule has 0 bridgehead atoms. The van der Waals surface area contributed by atoms with Crippen molar-refractivity contribution in [3.05, 3.63) is 50.6 Å². The standard InChI is InChI=1S/C12H12N4O4/c17-15(18)10-6-7-11(12(8-10)16(19)20)14-13-9-4-2-1-3-5-9/h2,4,6-8,14H,1,3,5H2. The summed E-state index contributed by atoms with van der Waals surface area (Å²) in [5, 5.41) is 25.6. The summed E-state index contributed by atoms with van der Waals surface area (Å²) in [6, 6.07) is 3.40. The highest BCUT2D eigenvalue weighted by Gasteiger charge is 2.19. The van der Waals surface area contributed by atoms with Crippen LogP contribution in [0.3, 0.4) is 0 Å². The molecule has 20 heavy (non-hydrogen) atoms. The van der Waals surface area contributed by atoms with E-state index < -0.39 is 9.85 Å². The molecule has 1 aliphatic rings. The summed E-state index contributed by atoms with van der Waals surface area (Å²) in [5.41, 5.74) is 2.83. The molecule has 0 saturated carbocycles. The van der Waals surface area contributed by atoms with E-state index in [2.05, 4.69) is 10.5 Å². The minimum absolute atomic E-state index is 0.132. The SMILES string of the molecule is O=[N+]([O-])c1ccc(NN=C2C=CCCC2)c([N+](=O)[O-])c1. The summed E-state index contributed by atoms with van der Waals surface area (Å²) >= 11 is 0. The average molecular weight is 276 g/mol. The molecule has 0 spiro atoms. The van der Waals surface area contributed by atoms with Gasteiger partial charge in [0.15, 0.2) is 0 Å². The first-order valence-corrected chi connectivity index (χ1v) is 6.00. The monoisotopic (exact) mass is 276 g/mol. The average Bonchev–Trinajstić information content (AvgIpc) is 2.45. The second-order valence-corrected chi connectivity index (χ2v) is 4.23. The van der Waals surface area contributed by atoms with Gasteiger partial charge in [-0.15, -0.1) is 0 Å². The fourth-order valence-electron chi connectivity index (χ4n) is 1.81. The molecule has 1 aliphatic carbocycles. The maximum Gasteiger partial charge on any atom is 0.301 e. The van der Waals surface area contributed by atoms with Crippen molar-refractivity contribution in [2.75, 3.05) is 5.43 Å². The van der Waals surface area contributed by atoms with Crippen LogP contribution in [-0.4, -0.2) is 15.6 Å². The number of benzene rings is 1. The molecule has 104 valence electrons. The minimum atomic E-state index is -0.674. The van der Waals surface area contributed by atoms with Crippen LogP contribution in [-0.2, 0) is 0 Å². The smallest absolute Gasteiger partial charge is 0.271 e. The van der Waals surface area contributed by atoms with Gasteiger partial charge >= 0.3 is 5.69 Å². The summed E-state index contributed by atoms with van der Waals surface area (Å²) in [6.45, 7) is 0. The Bertz CT molecular complexity index is 609.